The van der Waals surface area contributed by atoms with Crippen LogP contribution >= 0.6 is 0 Å². The van der Waals surface area contributed by atoms with Gasteiger partial charge in [-0.3, -0.25) is 0 Å². The molecule has 0 bridgehead atoms. The summed E-state index contributed by atoms with van der Waals surface area (Å²) in [7, 11) is 0. The third-order valence-electron chi connectivity index (χ3n) is 3.80. The van der Waals surface area contributed by atoms with Crippen LogP contribution in [0.4, 0.5) is 11.6 Å². The van der Waals surface area contributed by atoms with Gasteiger partial charge < -0.3 is 15.4 Å². The van der Waals surface area contributed by atoms with Crippen molar-refractivity contribution in [1.29, 1.82) is 0 Å². The molecule has 1 aliphatic heterocycles. The normalized spacial score (nSPS) is 18.5. The smallest absolute Gasteiger partial charge is 0.134 e. The number of nitrogens with zero attached hydrogens (tertiary/aromatic N) is 2. The van der Waals surface area contributed by atoms with Crippen LogP contribution in [0, 0.1) is 5.92 Å². The van der Waals surface area contributed by atoms with Crippen LogP contribution in [0.5, 0.6) is 0 Å². The molecule has 1 fully saturated rings. The van der Waals surface area contributed by atoms with Crippen LogP contribution in [0.1, 0.15) is 45.1 Å². The molecule has 1 atom stereocenters. The van der Waals surface area contributed by atoms with E-state index in [-0.39, 0.29) is 0 Å². The Bertz CT molecular complexity index is 419. The number of nitrogens with one attached hydrogen (secondary N) is 2. The summed E-state index contributed by atoms with van der Waals surface area (Å²) < 4.78 is 5.54. The van der Waals surface area contributed by atoms with Crippen LogP contribution < -0.4 is 10.6 Å². The Balaban J connectivity index is 2.02. The summed E-state index contributed by atoms with van der Waals surface area (Å²) in [5, 5.41) is 6.92. The average Bonchev–Trinajstić information content (AvgIpc) is 2.53. The molecule has 0 aromatic carbocycles. The number of aromatic nitrogens is 2. The van der Waals surface area contributed by atoms with Crippen LogP contribution in [0.2, 0.25) is 0 Å². The molecule has 1 aromatic heterocycles. The van der Waals surface area contributed by atoms with Crippen molar-refractivity contribution in [2.75, 3.05) is 36.9 Å². The molecule has 2 N–H and O–H groups in total. The fourth-order valence-electron chi connectivity index (χ4n) is 2.66. The van der Waals surface area contributed by atoms with E-state index in [1.807, 2.05) is 0 Å². The highest BCUT2D eigenvalue weighted by Gasteiger charge is 2.16. The molecule has 2 rings (SSSR count). The first-order chi connectivity index (χ1) is 10.3. The predicted molar refractivity (Wildman–Crippen MR) is 86.8 cm³/mol. The molecule has 2 heterocycles. The number of hydrogen-bond acceptors (Lipinski definition) is 5. The summed E-state index contributed by atoms with van der Waals surface area (Å²) in [4.78, 5) is 8.85. The van der Waals surface area contributed by atoms with E-state index in [1.165, 1.54) is 18.4 Å². The highest BCUT2D eigenvalue weighted by molar-refractivity contribution is 5.57. The van der Waals surface area contributed by atoms with Gasteiger partial charge in [-0.1, -0.05) is 20.3 Å². The van der Waals surface area contributed by atoms with Gasteiger partial charge in [0.2, 0.25) is 0 Å². The zero-order valence-electron chi connectivity index (χ0n) is 13.3. The van der Waals surface area contributed by atoms with Gasteiger partial charge in [-0.05, 0) is 31.6 Å². The van der Waals surface area contributed by atoms with E-state index in [9.17, 15) is 0 Å². The topological polar surface area (TPSA) is 59.1 Å². The van der Waals surface area contributed by atoms with E-state index < -0.39 is 0 Å². The van der Waals surface area contributed by atoms with E-state index in [1.54, 1.807) is 6.33 Å². The molecule has 1 aromatic rings. The molecule has 21 heavy (non-hydrogen) atoms. The monoisotopic (exact) mass is 292 g/mol. The maximum atomic E-state index is 5.54. The van der Waals surface area contributed by atoms with Gasteiger partial charge in [0.05, 0.1) is 6.61 Å². The number of rotatable bonds is 8. The zero-order chi connectivity index (χ0) is 14.9. The van der Waals surface area contributed by atoms with Crippen molar-refractivity contribution >= 4 is 11.6 Å². The first-order valence-corrected chi connectivity index (χ1v) is 8.24. The highest BCUT2D eigenvalue weighted by Crippen LogP contribution is 2.23. The minimum absolute atomic E-state index is 0.593. The third-order valence-corrected chi connectivity index (χ3v) is 3.80. The van der Waals surface area contributed by atoms with E-state index in [0.29, 0.717) is 5.92 Å². The van der Waals surface area contributed by atoms with Crippen molar-refractivity contribution in [3.8, 4) is 0 Å². The lowest BCUT2D eigenvalue weighted by atomic mass is 10.0. The van der Waals surface area contributed by atoms with Crippen molar-refractivity contribution < 1.29 is 4.74 Å². The lowest BCUT2D eigenvalue weighted by Crippen LogP contribution is -2.25. The van der Waals surface area contributed by atoms with Crippen molar-refractivity contribution in [2.45, 2.75) is 46.0 Å². The van der Waals surface area contributed by atoms with Gasteiger partial charge in [0.15, 0.2) is 0 Å². The van der Waals surface area contributed by atoms with Crippen molar-refractivity contribution in [2.24, 2.45) is 5.92 Å². The molecule has 5 nitrogen and oxygen atoms in total. The first kappa shape index (κ1) is 16.0. The van der Waals surface area contributed by atoms with E-state index in [0.717, 1.165) is 57.2 Å². The second-order valence-corrected chi connectivity index (χ2v) is 5.69. The summed E-state index contributed by atoms with van der Waals surface area (Å²) in [5.41, 5.74) is 1.21. The fourth-order valence-corrected chi connectivity index (χ4v) is 2.66. The van der Waals surface area contributed by atoms with Crippen LogP contribution in [0.25, 0.3) is 0 Å². The molecule has 5 heteroatoms. The molecular weight excluding hydrogens is 264 g/mol. The van der Waals surface area contributed by atoms with Crippen LogP contribution in [-0.2, 0) is 11.2 Å². The molecular formula is C16H28N4O. The second-order valence-electron chi connectivity index (χ2n) is 5.69. The first-order valence-electron chi connectivity index (χ1n) is 8.24. The molecule has 0 radical (unpaired) electrons. The number of anilines is 2. The van der Waals surface area contributed by atoms with Gasteiger partial charge in [-0.15, -0.1) is 0 Å². The average molecular weight is 292 g/mol. The van der Waals surface area contributed by atoms with E-state index in [2.05, 4.69) is 34.4 Å². The minimum Gasteiger partial charge on any atom is -0.381 e. The van der Waals surface area contributed by atoms with E-state index in [4.69, 9.17) is 4.74 Å². The molecule has 1 aliphatic rings. The summed E-state index contributed by atoms with van der Waals surface area (Å²) in [5.74, 6) is 2.56. The molecule has 1 saturated heterocycles. The molecule has 0 saturated carbocycles. The SMILES string of the molecule is CCCNc1ncnc(NCC2CCCOC2)c1CCC. The number of ether oxygens (including phenoxy) is 1. The largest absolute Gasteiger partial charge is 0.381 e. The van der Waals surface area contributed by atoms with Gasteiger partial charge in [0, 0.05) is 25.3 Å². The summed E-state index contributed by atoms with van der Waals surface area (Å²) in [6, 6.07) is 0. The zero-order valence-corrected chi connectivity index (χ0v) is 13.3. The molecule has 0 aliphatic carbocycles. The summed E-state index contributed by atoms with van der Waals surface area (Å²) in [6.07, 6.45) is 7.24. The second kappa shape index (κ2) is 8.82. The van der Waals surface area contributed by atoms with Gasteiger partial charge >= 0.3 is 0 Å². The summed E-state index contributed by atoms with van der Waals surface area (Å²) in [6.45, 7) is 8.01. The molecule has 118 valence electrons. The number of hydrogen-bond donors (Lipinski definition) is 2. The van der Waals surface area contributed by atoms with E-state index >= 15 is 0 Å². The van der Waals surface area contributed by atoms with Crippen LogP contribution in [0.3, 0.4) is 0 Å². The summed E-state index contributed by atoms with van der Waals surface area (Å²) >= 11 is 0. The van der Waals surface area contributed by atoms with Gasteiger partial charge in [-0.2, -0.15) is 0 Å². The lowest BCUT2D eigenvalue weighted by Gasteiger charge is -2.23. The fraction of sp³-hybridized carbons (Fsp3) is 0.750. The third kappa shape index (κ3) is 4.84. The quantitative estimate of drug-likeness (QED) is 0.771. The van der Waals surface area contributed by atoms with Crippen molar-refractivity contribution in [3.63, 3.8) is 0 Å². The van der Waals surface area contributed by atoms with Crippen molar-refractivity contribution in [3.05, 3.63) is 11.9 Å². The Morgan fingerprint density at radius 3 is 2.67 bits per heavy atom. The molecule has 1 unspecified atom stereocenters. The Morgan fingerprint density at radius 1 is 1.19 bits per heavy atom. The van der Waals surface area contributed by atoms with Gasteiger partial charge in [0.25, 0.3) is 0 Å². The highest BCUT2D eigenvalue weighted by atomic mass is 16.5. The Kier molecular flexibility index (Phi) is 6.73. The standard InChI is InChI=1S/C16H28N4O/c1-3-6-14-15(17-8-4-2)19-12-20-16(14)18-10-13-7-5-9-21-11-13/h12-13H,3-11H2,1-2H3,(H2,17,18,19,20). The van der Waals surface area contributed by atoms with Crippen LogP contribution in [-0.4, -0.2) is 36.3 Å². The Hall–Kier alpha value is -1.36. The molecule has 0 spiro atoms. The Labute approximate surface area is 127 Å². The molecule has 0 amide bonds. The minimum atomic E-state index is 0.593. The maximum absolute atomic E-state index is 5.54. The Morgan fingerprint density at radius 2 is 2.00 bits per heavy atom. The van der Waals surface area contributed by atoms with Gasteiger partial charge in [-0.25, -0.2) is 9.97 Å². The van der Waals surface area contributed by atoms with Gasteiger partial charge in [0.1, 0.15) is 18.0 Å². The van der Waals surface area contributed by atoms with Crippen molar-refractivity contribution in [1.82, 2.24) is 9.97 Å². The maximum Gasteiger partial charge on any atom is 0.134 e. The van der Waals surface area contributed by atoms with Crippen LogP contribution in [0.15, 0.2) is 6.33 Å². The predicted octanol–water partition coefficient (Wildman–Crippen LogP) is 3.09. The lowest BCUT2D eigenvalue weighted by molar-refractivity contribution is 0.0594.